The number of hydrogen-bond acceptors (Lipinski definition) is 4. The third-order valence-electron chi connectivity index (χ3n) is 3.06. The largest absolute Gasteiger partial charge is 0.380 e. The molecule has 5 nitrogen and oxygen atoms in total. The third kappa shape index (κ3) is 4.02. The van der Waals surface area contributed by atoms with Gasteiger partial charge in [-0.3, -0.25) is 10.1 Å². The molecule has 0 aromatic heterocycles. The van der Waals surface area contributed by atoms with Gasteiger partial charge in [-0.15, -0.1) is 0 Å². The van der Waals surface area contributed by atoms with Crippen LogP contribution in [0.15, 0.2) is 40.9 Å². The van der Waals surface area contributed by atoms with Crippen molar-refractivity contribution in [3.8, 4) is 0 Å². The van der Waals surface area contributed by atoms with Gasteiger partial charge in [0.05, 0.1) is 11.5 Å². The number of methoxy groups -OCH3 is 1. The molecule has 2 rings (SSSR count). The summed E-state index contributed by atoms with van der Waals surface area (Å²) in [4.78, 5) is 10.2. The lowest BCUT2D eigenvalue weighted by Gasteiger charge is -2.10. The van der Waals surface area contributed by atoms with Crippen LogP contribution in [0.4, 0.5) is 15.8 Å². The smallest absolute Gasteiger partial charge is 0.270 e. The molecule has 0 saturated carbocycles. The molecule has 7 heteroatoms. The van der Waals surface area contributed by atoms with Gasteiger partial charge in [0, 0.05) is 41.5 Å². The fraction of sp³-hybridized carbons (Fsp3) is 0.200. The maximum atomic E-state index is 13.5. The molecule has 0 amide bonds. The van der Waals surface area contributed by atoms with E-state index in [1.807, 2.05) is 0 Å². The molecule has 0 saturated heterocycles. The van der Waals surface area contributed by atoms with Crippen LogP contribution in [-0.2, 0) is 17.9 Å². The Kier molecular flexibility index (Phi) is 5.46. The van der Waals surface area contributed by atoms with E-state index in [4.69, 9.17) is 4.74 Å². The highest BCUT2D eigenvalue weighted by atomic mass is 79.9. The van der Waals surface area contributed by atoms with Gasteiger partial charge in [0.2, 0.25) is 0 Å². The Morgan fingerprint density at radius 1 is 1.32 bits per heavy atom. The first-order valence-corrected chi connectivity index (χ1v) is 7.24. The number of nitro groups is 1. The fourth-order valence-electron chi connectivity index (χ4n) is 1.96. The van der Waals surface area contributed by atoms with Crippen molar-refractivity contribution in [1.29, 1.82) is 0 Å². The fourth-order valence-corrected chi connectivity index (χ4v) is 2.47. The van der Waals surface area contributed by atoms with Crippen LogP contribution in [0.1, 0.15) is 11.1 Å². The Morgan fingerprint density at radius 2 is 2.09 bits per heavy atom. The van der Waals surface area contributed by atoms with Crippen molar-refractivity contribution < 1.29 is 14.1 Å². The number of halogens is 2. The Labute approximate surface area is 135 Å². The molecule has 0 heterocycles. The van der Waals surface area contributed by atoms with E-state index >= 15 is 0 Å². The summed E-state index contributed by atoms with van der Waals surface area (Å²) in [6, 6.07) is 9.29. The van der Waals surface area contributed by atoms with Crippen molar-refractivity contribution in [2.45, 2.75) is 13.2 Å². The van der Waals surface area contributed by atoms with Crippen molar-refractivity contribution in [3.63, 3.8) is 0 Å². The van der Waals surface area contributed by atoms with E-state index in [0.717, 1.165) is 11.3 Å². The highest BCUT2D eigenvalue weighted by Crippen LogP contribution is 2.27. The van der Waals surface area contributed by atoms with Gasteiger partial charge >= 0.3 is 0 Å². The Morgan fingerprint density at radius 3 is 2.73 bits per heavy atom. The highest BCUT2D eigenvalue weighted by Gasteiger charge is 2.09. The molecule has 0 atom stereocenters. The van der Waals surface area contributed by atoms with Gasteiger partial charge in [0.1, 0.15) is 5.82 Å². The molecule has 0 radical (unpaired) electrons. The van der Waals surface area contributed by atoms with Crippen molar-refractivity contribution in [1.82, 2.24) is 0 Å². The number of ether oxygens (including phenoxy) is 1. The first kappa shape index (κ1) is 16.4. The predicted molar refractivity (Wildman–Crippen MR) is 85.2 cm³/mol. The molecule has 2 aromatic rings. The second kappa shape index (κ2) is 7.33. The summed E-state index contributed by atoms with van der Waals surface area (Å²) < 4.78 is 19.1. The van der Waals surface area contributed by atoms with Gasteiger partial charge in [0.25, 0.3) is 5.69 Å². The van der Waals surface area contributed by atoms with Crippen LogP contribution >= 0.6 is 15.9 Å². The standard InChI is InChI=1S/C15H14BrFN2O3/c1-22-9-11-6-10(2-4-14(11)17)8-18-15-5-3-12(19(20)21)7-13(15)16/h2-7,18H,8-9H2,1H3. The number of hydrogen-bond donors (Lipinski definition) is 1. The normalized spacial score (nSPS) is 10.5. The third-order valence-corrected chi connectivity index (χ3v) is 3.71. The molecule has 22 heavy (non-hydrogen) atoms. The van der Waals surface area contributed by atoms with Crippen molar-refractivity contribution in [2.24, 2.45) is 0 Å². The van der Waals surface area contributed by atoms with E-state index in [-0.39, 0.29) is 18.1 Å². The minimum absolute atomic E-state index is 0.0154. The highest BCUT2D eigenvalue weighted by molar-refractivity contribution is 9.10. The molecule has 1 N–H and O–H groups in total. The Hall–Kier alpha value is -1.99. The summed E-state index contributed by atoms with van der Waals surface area (Å²) in [5, 5.41) is 13.8. The van der Waals surface area contributed by atoms with Gasteiger partial charge in [-0.1, -0.05) is 6.07 Å². The zero-order chi connectivity index (χ0) is 16.1. The number of anilines is 1. The second-order valence-electron chi connectivity index (χ2n) is 4.63. The average Bonchev–Trinajstić information content (AvgIpc) is 2.49. The number of nitrogens with one attached hydrogen (secondary N) is 1. The lowest BCUT2D eigenvalue weighted by molar-refractivity contribution is -0.384. The van der Waals surface area contributed by atoms with Gasteiger partial charge < -0.3 is 10.1 Å². The number of nitrogens with zero attached hydrogens (tertiary/aromatic N) is 1. The molecular weight excluding hydrogens is 355 g/mol. The van der Waals surface area contributed by atoms with Crippen molar-refractivity contribution in [3.05, 3.63) is 67.9 Å². The number of nitro benzene ring substituents is 1. The SMILES string of the molecule is COCc1cc(CNc2ccc([N+](=O)[O-])cc2Br)ccc1F. The minimum atomic E-state index is -0.453. The van der Waals surface area contributed by atoms with Crippen LogP contribution in [0.3, 0.4) is 0 Å². The van der Waals surface area contributed by atoms with E-state index in [9.17, 15) is 14.5 Å². The molecule has 0 fully saturated rings. The summed E-state index contributed by atoms with van der Waals surface area (Å²) >= 11 is 3.29. The van der Waals surface area contributed by atoms with Crippen LogP contribution in [0, 0.1) is 15.9 Å². The number of non-ortho nitro benzene ring substituents is 1. The Balaban J connectivity index is 2.10. The first-order chi connectivity index (χ1) is 10.5. The van der Waals surface area contributed by atoms with Gasteiger partial charge in [-0.05, 0) is 39.7 Å². The summed E-state index contributed by atoms with van der Waals surface area (Å²) in [6.45, 7) is 0.675. The zero-order valence-corrected chi connectivity index (χ0v) is 13.4. The van der Waals surface area contributed by atoms with Gasteiger partial charge in [-0.2, -0.15) is 0 Å². The molecule has 116 valence electrons. The molecule has 0 aliphatic heterocycles. The molecule has 0 aliphatic carbocycles. The summed E-state index contributed by atoms with van der Waals surface area (Å²) in [5.74, 6) is -0.304. The average molecular weight is 369 g/mol. The van der Waals surface area contributed by atoms with Crippen LogP contribution in [0.2, 0.25) is 0 Å². The number of benzene rings is 2. The molecule has 0 unspecified atom stereocenters. The quantitative estimate of drug-likeness (QED) is 0.611. The molecule has 0 bridgehead atoms. The topological polar surface area (TPSA) is 64.4 Å². The van der Waals surface area contributed by atoms with Crippen LogP contribution < -0.4 is 5.32 Å². The van der Waals surface area contributed by atoms with Crippen molar-refractivity contribution in [2.75, 3.05) is 12.4 Å². The van der Waals surface area contributed by atoms with E-state index in [0.29, 0.717) is 16.6 Å². The summed E-state index contributed by atoms with van der Waals surface area (Å²) in [7, 11) is 1.51. The summed E-state index contributed by atoms with van der Waals surface area (Å²) in [5.41, 5.74) is 2.12. The van der Waals surface area contributed by atoms with Crippen LogP contribution in [0.5, 0.6) is 0 Å². The monoisotopic (exact) mass is 368 g/mol. The van der Waals surface area contributed by atoms with Gasteiger partial charge in [-0.25, -0.2) is 4.39 Å². The lowest BCUT2D eigenvalue weighted by atomic mass is 10.1. The zero-order valence-electron chi connectivity index (χ0n) is 11.8. The lowest BCUT2D eigenvalue weighted by Crippen LogP contribution is -2.02. The van der Waals surface area contributed by atoms with Crippen molar-refractivity contribution >= 4 is 27.3 Å². The Bertz CT molecular complexity index is 694. The van der Waals surface area contributed by atoms with E-state index in [2.05, 4.69) is 21.2 Å². The molecular formula is C15H14BrFN2O3. The predicted octanol–water partition coefficient (Wildman–Crippen LogP) is 4.25. The first-order valence-electron chi connectivity index (χ1n) is 6.45. The molecule has 2 aromatic carbocycles. The van der Waals surface area contributed by atoms with E-state index in [1.54, 1.807) is 18.2 Å². The van der Waals surface area contributed by atoms with E-state index in [1.165, 1.54) is 25.3 Å². The minimum Gasteiger partial charge on any atom is -0.380 e. The molecule has 0 spiro atoms. The molecule has 0 aliphatic rings. The van der Waals surface area contributed by atoms with Crippen LogP contribution in [-0.4, -0.2) is 12.0 Å². The number of rotatable bonds is 6. The maximum Gasteiger partial charge on any atom is 0.270 e. The second-order valence-corrected chi connectivity index (χ2v) is 5.49. The summed E-state index contributed by atoms with van der Waals surface area (Å²) in [6.07, 6.45) is 0. The van der Waals surface area contributed by atoms with E-state index < -0.39 is 4.92 Å². The van der Waals surface area contributed by atoms with Crippen LogP contribution in [0.25, 0.3) is 0 Å². The maximum absolute atomic E-state index is 13.5. The van der Waals surface area contributed by atoms with Gasteiger partial charge in [0.15, 0.2) is 0 Å².